The van der Waals surface area contributed by atoms with Gasteiger partial charge >= 0.3 is 0 Å². The lowest BCUT2D eigenvalue weighted by atomic mass is 9.66. The van der Waals surface area contributed by atoms with E-state index in [1.165, 1.54) is 66.8 Å². The van der Waals surface area contributed by atoms with E-state index in [4.69, 9.17) is 9.47 Å². The van der Waals surface area contributed by atoms with Gasteiger partial charge in [-0.15, -0.1) is 0 Å². The van der Waals surface area contributed by atoms with E-state index in [0.717, 1.165) is 73.4 Å². The standard InChI is InChI=1S/C74H47NO2/c1-3-20-48(21-4-1)51-44-52(49-22-5-2-6-23-49)46-53(45-51)50-38-40-54(41-39-50)75(55-42-43-61-58(47-55)56-24-7-9-26-59(56)73(61)62-28-11-15-34-68(62)76-69-35-16-12-29-63(69)73)67-33-19-32-66-72(67)57-25-8-10-27-60(57)74(66)64-30-13-17-36-70(64)77-71-37-18-14-31-65(71)74/h1-47H. The van der Waals surface area contributed by atoms with Crippen molar-refractivity contribution in [2.45, 2.75) is 10.8 Å². The van der Waals surface area contributed by atoms with Gasteiger partial charge in [-0.25, -0.2) is 0 Å². The molecule has 4 aliphatic rings. The normalized spacial score (nSPS) is 13.9. The van der Waals surface area contributed by atoms with Gasteiger partial charge in [-0.3, -0.25) is 0 Å². The zero-order valence-corrected chi connectivity index (χ0v) is 41.9. The highest BCUT2D eigenvalue weighted by molar-refractivity contribution is 6.00. The topological polar surface area (TPSA) is 21.7 Å². The maximum atomic E-state index is 6.77. The highest BCUT2D eigenvalue weighted by atomic mass is 16.5. The molecule has 0 fully saturated rings. The van der Waals surface area contributed by atoms with Crippen molar-refractivity contribution >= 4 is 17.1 Å². The van der Waals surface area contributed by atoms with Crippen LogP contribution in [-0.2, 0) is 10.8 Å². The molecule has 0 atom stereocenters. The van der Waals surface area contributed by atoms with Crippen LogP contribution >= 0.6 is 0 Å². The molecule has 2 aliphatic heterocycles. The van der Waals surface area contributed by atoms with E-state index in [9.17, 15) is 0 Å². The molecule has 3 heteroatoms. The van der Waals surface area contributed by atoms with E-state index in [2.05, 4.69) is 290 Å². The van der Waals surface area contributed by atoms with Crippen molar-refractivity contribution in [3.05, 3.63) is 330 Å². The van der Waals surface area contributed by atoms with Crippen LogP contribution in [0.25, 0.3) is 55.6 Å². The molecule has 0 radical (unpaired) electrons. The first-order chi connectivity index (χ1) is 38.2. The van der Waals surface area contributed by atoms with E-state index in [1.807, 2.05) is 0 Å². The van der Waals surface area contributed by atoms with Crippen LogP contribution in [-0.4, -0.2) is 0 Å². The number of rotatable bonds is 6. The lowest BCUT2D eigenvalue weighted by molar-refractivity contribution is 0.436. The molecular formula is C74H47NO2. The second kappa shape index (κ2) is 16.8. The zero-order valence-electron chi connectivity index (χ0n) is 41.9. The molecule has 3 nitrogen and oxygen atoms in total. The fourth-order valence-electron chi connectivity index (χ4n) is 13.7. The van der Waals surface area contributed by atoms with Gasteiger partial charge in [0, 0.05) is 39.2 Å². The minimum atomic E-state index is -0.629. The summed E-state index contributed by atoms with van der Waals surface area (Å²) in [6.45, 7) is 0. The van der Waals surface area contributed by atoms with Gasteiger partial charge < -0.3 is 14.4 Å². The van der Waals surface area contributed by atoms with Crippen molar-refractivity contribution in [3.8, 4) is 78.6 Å². The largest absolute Gasteiger partial charge is 0.457 e. The molecule has 0 saturated carbocycles. The van der Waals surface area contributed by atoms with Gasteiger partial charge in [0.2, 0.25) is 0 Å². The number of hydrogen-bond acceptors (Lipinski definition) is 3. The Balaban J connectivity index is 0.940. The Morgan fingerprint density at radius 1 is 0.234 bits per heavy atom. The van der Waals surface area contributed by atoms with Gasteiger partial charge in [0.25, 0.3) is 0 Å². The Hall–Kier alpha value is -9.96. The highest BCUT2D eigenvalue weighted by Crippen LogP contribution is 2.66. The Morgan fingerprint density at radius 2 is 0.610 bits per heavy atom. The maximum absolute atomic E-state index is 6.77. The molecule has 0 amide bonds. The summed E-state index contributed by atoms with van der Waals surface area (Å²) in [5.41, 5.74) is 23.4. The Morgan fingerprint density at radius 3 is 1.13 bits per heavy atom. The first-order valence-corrected chi connectivity index (χ1v) is 26.6. The second-order valence-electron chi connectivity index (χ2n) is 20.6. The molecule has 2 spiro atoms. The van der Waals surface area contributed by atoms with Crippen molar-refractivity contribution in [2.24, 2.45) is 0 Å². The summed E-state index contributed by atoms with van der Waals surface area (Å²) in [6, 6.07) is 104. The minimum Gasteiger partial charge on any atom is -0.457 e. The fourth-order valence-corrected chi connectivity index (χ4v) is 13.7. The molecule has 0 aromatic heterocycles. The number of anilines is 3. The van der Waals surface area contributed by atoms with Crippen molar-refractivity contribution in [2.75, 3.05) is 4.90 Å². The molecule has 0 bridgehead atoms. The molecule has 16 rings (SSSR count). The fraction of sp³-hybridized carbons (Fsp3) is 0.0270. The Labute approximate surface area is 448 Å². The number of ether oxygens (including phenoxy) is 2. The van der Waals surface area contributed by atoms with E-state index in [0.29, 0.717) is 0 Å². The Kier molecular flexibility index (Phi) is 9.47. The van der Waals surface area contributed by atoms with Gasteiger partial charge in [-0.1, -0.05) is 212 Å². The Bertz CT molecular complexity index is 4200. The lowest BCUT2D eigenvalue weighted by Gasteiger charge is -2.39. The average Bonchev–Trinajstić information content (AvgIpc) is 4.14. The van der Waals surface area contributed by atoms with E-state index >= 15 is 0 Å². The molecule has 12 aromatic carbocycles. The van der Waals surface area contributed by atoms with Gasteiger partial charge in [-0.05, 0) is 145 Å². The summed E-state index contributed by atoms with van der Waals surface area (Å²) in [6.07, 6.45) is 0. The number of hydrogen-bond donors (Lipinski definition) is 0. The number of para-hydroxylation sites is 4. The van der Waals surface area contributed by atoms with Gasteiger partial charge in [0.15, 0.2) is 0 Å². The second-order valence-corrected chi connectivity index (χ2v) is 20.6. The molecule has 0 unspecified atom stereocenters. The summed E-state index contributed by atoms with van der Waals surface area (Å²) in [5, 5.41) is 0. The summed E-state index contributed by atoms with van der Waals surface area (Å²) < 4.78 is 13.5. The summed E-state index contributed by atoms with van der Waals surface area (Å²) in [5.74, 6) is 3.52. The summed E-state index contributed by atoms with van der Waals surface area (Å²) in [7, 11) is 0. The monoisotopic (exact) mass is 981 g/mol. The van der Waals surface area contributed by atoms with Gasteiger partial charge in [-0.2, -0.15) is 0 Å². The smallest absolute Gasteiger partial charge is 0.132 e. The molecule has 360 valence electrons. The van der Waals surface area contributed by atoms with Crippen LogP contribution in [0.2, 0.25) is 0 Å². The first kappa shape index (κ1) is 43.4. The van der Waals surface area contributed by atoms with Crippen LogP contribution in [0.5, 0.6) is 23.0 Å². The predicted octanol–water partition coefficient (Wildman–Crippen LogP) is 19.1. The SMILES string of the molecule is c1ccc(-c2cc(-c3ccccc3)cc(-c3ccc(N(c4ccc5c(c4)-c4ccccc4C54c5ccccc5Oc5ccccc54)c4cccc5c4-c4ccccc4C54c5ccccc5Oc5ccccc54)cc3)c2)cc1. The first-order valence-electron chi connectivity index (χ1n) is 26.6. The van der Waals surface area contributed by atoms with Crippen LogP contribution in [0.1, 0.15) is 44.5 Å². The summed E-state index contributed by atoms with van der Waals surface area (Å²) in [4.78, 5) is 2.51. The average molecular weight is 982 g/mol. The molecule has 12 aromatic rings. The molecular weight excluding hydrogens is 935 g/mol. The lowest BCUT2D eigenvalue weighted by Crippen LogP contribution is -2.32. The van der Waals surface area contributed by atoms with Crippen LogP contribution < -0.4 is 14.4 Å². The van der Waals surface area contributed by atoms with Crippen molar-refractivity contribution in [3.63, 3.8) is 0 Å². The number of nitrogens with zero attached hydrogens (tertiary/aromatic N) is 1. The molecule has 77 heavy (non-hydrogen) atoms. The van der Waals surface area contributed by atoms with Gasteiger partial charge in [0.05, 0.1) is 16.5 Å². The van der Waals surface area contributed by atoms with Gasteiger partial charge in [0.1, 0.15) is 23.0 Å². The highest BCUT2D eigenvalue weighted by Gasteiger charge is 2.53. The van der Waals surface area contributed by atoms with Crippen molar-refractivity contribution < 1.29 is 9.47 Å². The quantitative estimate of drug-likeness (QED) is 0.166. The van der Waals surface area contributed by atoms with Crippen LogP contribution in [0.4, 0.5) is 17.1 Å². The third kappa shape index (κ3) is 6.20. The zero-order chi connectivity index (χ0) is 50.7. The minimum absolute atomic E-state index is 0.585. The van der Waals surface area contributed by atoms with Crippen molar-refractivity contribution in [1.29, 1.82) is 0 Å². The van der Waals surface area contributed by atoms with Crippen molar-refractivity contribution in [1.82, 2.24) is 0 Å². The predicted molar refractivity (Wildman–Crippen MR) is 312 cm³/mol. The van der Waals surface area contributed by atoms with Crippen LogP contribution in [0, 0.1) is 0 Å². The van der Waals surface area contributed by atoms with E-state index in [1.54, 1.807) is 0 Å². The maximum Gasteiger partial charge on any atom is 0.132 e. The molecule has 0 N–H and O–H groups in total. The molecule has 2 heterocycles. The van der Waals surface area contributed by atoms with E-state index in [-0.39, 0.29) is 0 Å². The third-order valence-corrected chi connectivity index (χ3v) is 16.8. The van der Waals surface area contributed by atoms with E-state index < -0.39 is 10.8 Å². The summed E-state index contributed by atoms with van der Waals surface area (Å²) >= 11 is 0. The van der Waals surface area contributed by atoms with Crippen LogP contribution in [0.3, 0.4) is 0 Å². The molecule has 2 aliphatic carbocycles. The third-order valence-electron chi connectivity index (χ3n) is 16.8. The number of benzene rings is 12. The number of fused-ring (bicyclic) bond motifs is 18. The molecule has 0 saturated heterocycles. The van der Waals surface area contributed by atoms with Crippen LogP contribution in [0.15, 0.2) is 285 Å².